The van der Waals surface area contributed by atoms with Gasteiger partial charge in [-0.3, -0.25) is 0 Å². The van der Waals surface area contributed by atoms with E-state index in [9.17, 15) is 0 Å². The molecule has 0 saturated heterocycles. The zero-order valence-corrected chi connectivity index (χ0v) is 12.8. The lowest BCUT2D eigenvalue weighted by atomic mass is 9.98. The smallest absolute Gasteiger partial charge is 0.129 e. The molecule has 102 valence electrons. The molecule has 0 radical (unpaired) electrons. The maximum absolute atomic E-state index is 5.29. The van der Waals surface area contributed by atoms with Gasteiger partial charge < -0.3 is 10.1 Å². The Balaban J connectivity index is 2.38. The number of benzene rings is 1. The summed E-state index contributed by atoms with van der Waals surface area (Å²) < 4.78 is 5.29. The minimum atomic E-state index is 0.250. The van der Waals surface area contributed by atoms with Gasteiger partial charge in [0.2, 0.25) is 0 Å². The van der Waals surface area contributed by atoms with Gasteiger partial charge in [-0.1, -0.05) is 30.7 Å². The van der Waals surface area contributed by atoms with Gasteiger partial charge >= 0.3 is 0 Å². The number of thiophene rings is 1. The van der Waals surface area contributed by atoms with Crippen molar-refractivity contribution in [3.8, 4) is 5.75 Å². The third-order valence-electron chi connectivity index (χ3n) is 3.26. The summed E-state index contributed by atoms with van der Waals surface area (Å²) in [6.07, 6.45) is 0. The summed E-state index contributed by atoms with van der Waals surface area (Å²) in [5.41, 5.74) is 3.98. The molecule has 1 aromatic carbocycles. The Morgan fingerprint density at radius 2 is 2.05 bits per heavy atom. The van der Waals surface area contributed by atoms with Gasteiger partial charge in [-0.2, -0.15) is 0 Å². The van der Waals surface area contributed by atoms with E-state index in [0.29, 0.717) is 0 Å². The normalized spacial score (nSPS) is 12.4. The fourth-order valence-corrected chi connectivity index (χ4v) is 3.26. The van der Waals surface area contributed by atoms with Crippen LogP contribution in [-0.2, 0) is 0 Å². The first-order chi connectivity index (χ1) is 9.15. The average Bonchev–Trinajstić information content (AvgIpc) is 2.85. The van der Waals surface area contributed by atoms with Crippen LogP contribution < -0.4 is 10.1 Å². The van der Waals surface area contributed by atoms with Gasteiger partial charge in [0.25, 0.3) is 0 Å². The summed E-state index contributed by atoms with van der Waals surface area (Å²) in [7, 11) is 1.71. The highest BCUT2D eigenvalue weighted by Gasteiger charge is 2.17. The van der Waals surface area contributed by atoms with Crippen molar-refractivity contribution < 1.29 is 4.74 Å². The number of methoxy groups -OCH3 is 1. The van der Waals surface area contributed by atoms with E-state index in [0.717, 1.165) is 12.3 Å². The number of aryl methyl sites for hydroxylation is 2. The van der Waals surface area contributed by atoms with Crippen molar-refractivity contribution in [1.82, 2.24) is 5.32 Å². The second-order valence-corrected chi connectivity index (χ2v) is 5.68. The third-order valence-corrected chi connectivity index (χ3v) is 4.24. The molecule has 3 heteroatoms. The van der Waals surface area contributed by atoms with E-state index in [1.165, 1.54) is 21.6 Å². The van der Waals surface area contributed by atoms with Gasteiger partial charge in [0.15, 0.2) is 0 Å². The van der Waals surface area contributed by atoms with Crippen molar-refractivity contribution in [2.75, 3.05) is 13.7 Å². The molecular formula is C16H21NOS. The van der Waals surface area contributed by atoms with Crippen LogP contribution in [0.4, 0.5) is 0 Å². The first kappa shape index (κ1) is 14.1. The lowest BCUT2D eigenvalue weighted by Gasteiger charge is -2.19. The maximum atomic E-state index is 5.29. The Hall–Kier alpha value is -1.32. The fraction of sp³-hybridized carbons (Fsp3) is 0.375. The molecule has 1 aromatic heterocycles. The summed E-state index contributed by atoms with van der Waals surface area (Å²) >= 11 is 1.74. The Morgan fingerprint density at radius 3 is 2.63 bits per heavy atom. The van der Waals surface area contributed by atoms with Gasteiger partial charge in [0.05, 0.1) is 13.2 Å². The van der Waals surface area contributed by atoms with Crippen molar-refractivity contribution in [3.05, 3.63) is 51.2 Å². The third kappa shape index (κ3) is 3.17. The van der Waals surface area contributed by atoms with Crippen LogP contribution in [-0.4, -0.2) is 13.7 Å². The number of hydrogen-bond acceptors (Lipinski definition) is 3. The fourth-order valence-electron chi connectivity index (χ4n) is 2.31. The molecule has 1 heterocycles. The first-order valence-corrected chi connectivity index (χ1v) is 7.46. The van der Waals surface area contributed by atoms with Crippen molar-refractivity contribution in [2.45, 2.75) is 26.8 Å². The number of nitrogens with one attached hydrogen (secondary N) is 1. The summed E-state index contributed by atoms with van der Waals surface area (Å²) in [6.45, 7) is 7.39. The van der Waals surface area contributed by atoms with Crippen LogP contribution in [0.25, 0.3) is 0 Å². The monoisotopic (exact) mass is 275 g/mol. The molecule has 0 spiro atoms. The highest BCUT2D eigenvalue weighted by molar-refractivity contribution is 7.10. The molecule has 2 nitrogen and oxygen atoms in total. The zero-order valence-electron chi connectivity index (χ0n) is 12.0. The Morgan fingerprint density at radius 1 is 1.26 bits per heavy atom. The topological polar surface area (TPSA) is 21.3 Å². The molecule has 1 unspecified atom stereocenters. The molecule has 2 aromatic rings. The van der Waals surface area contributed by atoms with Gasteiger partial charge in [0.1, 0.15) is 5.75 Å². The predicted octanol–water partition coefficient (Wildman–Crippen LogP) is 4.07. The summed E-state index contributed by atoms with van der Waals surface area (Å²) in [5.74, 6) is 0.938. The Kier molecular flexibility index (Phi) is 4.61. The molecule has 0 saturated carbocycles. The molecule has 19 heavy (non-hydrogen) atoms. The number of ether oxygens (including phenoxy) is 1. The molecule has 1 N–H and O–H groups in total. The van der Waals surface area contributed by atoms with E-state index in [4.69, 9.17) is 4.74 Å². The zero-order chi connectivity index (χ0) is 13.8. The van der Waals surface area contributed by atoms with Crippen molar-refractivity contribution in [3.63, 3.8) is 0 Å². The van der Waals surface area contributed by atoms with Crippen LogP contribution in [0.3, 0.4) is 0 Å². The molecule has 0 amide bonds. The van der Waals surface area contributed by atoms with Crippen molar-refractivity contribution >= 4 is 11.3 Å². The molecule has 0 aliphatic carbocycles. The summed E-state index contributed by atoms with van der Waals surface area (Å²) in [5, 5.41) is 5.63. The molecule has 0 aliphatic rings. The average molecular weight is 275 g/mol. The predicted molar refractivity (Wildman–Crippen MR) is 82.3 cm³/mol. The largest absolute Gasteiger partial charge is 0.496 e. The minimum Gasteiger partial charge on any atom is -0.496 e. The van der Waals surface area contributed by atoms with Crippen LogP contribution in [0.5, 0.6) is 5.75 Å². The van der Waals surface area contributed by atoms with Gasteiger partial charge in [-0.25, -0.2) is 0 Å². The highest BCUT2D eigenvalue weighted by Crippen LogP contribution is 2.32. The van der Waals surface area contributed by atoms with E-state index in [1.807, 2.05) is 0 Å². The van der Waals surface area contributed by atoms with Gasteiger partial charge in [-0.15, -0.1) is 11.3 Å². The quantitative estimate of drug-likeness (QED) is 0.888. The van der Waals surface area contributed by atoms with Gasteiger partial charge in [0, 0.05) is 10.3 Å². The van der Waals surface area contributed by atoms with E-state index < -0.39 is 0 Å². The number of rotatable bonds is 5. The lowest BCUT2D eigenvalue weighted by molar-refractivity contribution is 0.416. The summed E-state index contributed by atoms with van der Waals surface area (Å²) in [4.78, 5) is 1.30. The molecule has 0 bridgehead atoms. The van der Waals surface area contributed by atoms with Crippen LogP contribution in [0, 0.1) is 13.8 Å². The molecular weight excluding hydrogens is 254 g/mol. The van der Waals surface area contributed by atoms with Crippen LogP contribution >= 0.6 is 11.3 Å². The second kappa shape index (κ2) is 6.22. The van der Waals surface area contributed by atoms with Crippen LogP contribution in [0.2, 0.25) is 0 Å². The van der Waals surface area contributed by atoms with E-state index >= 15 is 0 Å². The number of hydrogen-bond donors (Lipinski definition) is 1. The molecule has 1 atom stereocenters. The van der Waals surface area contributed by atoms with Crippen LogP contribution in [0.1, 0.15) is 34.5 Å². The molecule has 0 fully saturated rings. The maximum Gasteiger partial charge on any atom is 0.129 e. The standard InChI is InChI=1S/C16H21NOS/c1-5-17-16(15-9-13(18-4)10-19-15)14-7-6-11(2)8-12(14)3/h6-10,16-17H,5H2,1-4H3. The van der Waals surface area contributed by atoms with E-state index in [-0.39, 0.29) is 6.04 Å². The first-order valence-electron chi connectivity index (χ1n) is 6.58. The lowest BCUT2D eigenvalue weighted by Crippen LogP contribution is -2.21. The van der Waals surface area contributed by atoms with Crippen LogP contribution in [0.15, 0.2) is 29.6 Å². The Bertz CT molecular complexity index is 547. The minimum absolute atomic E-state index is 0.250. The van der Waals surface area contributed by atoms with Crippen molar-refractivity contribution in [1.29, 1.82) is 0 Å². The van der Waals surface area contributed by atoms with E-state index in [2.05, 4.69) is 55.7 Å². The van der Waals surface area contributed by atoms with Crippen molar-refractivity contribution in [2.24, 2.45) is 0 Å². The molecule has 0 aliphatic heterocycles. The summed E-state index contributed by atoms with van der Waals surface area (Å²) in [6, 6.07) is 9.02. The van der Waals surface area contributed by atoms with E-state index in [1.54, 1.807) is 18.4 Å². The highest BCUT2D eigenvalue weighted by atomic mass is 32.1. The second-order valence-electron chi connectivity index (χ2n) is 4.74. The SMILES string of the molecule is CCNC(c1cc(OC)cs1)c1ccc(C)cc1C. The Labute approximate surface area is 119 Å². The van der Waals surface area contributed by atoms with Gasteiger partial charge in [-0.05, 0) is 37.6 Å². The molecule has 2 rings (SSSR count).